The molecule has 0 saturated heterocycles. The Morgan fingerprint density at radius 2 is 1.79 bits per heavy atom. The highest BCUT2D eigenvalue weighted by Gasteiger charge is 2.36. The minimum Gasteiger partial charge on any atom is -0.858 e. The van der Waals surface area contributed by atoms with E-state index in [-0.39, 0.29) is 5.90 Å². The second kappa shape index (κ2) is 5.64. The molecule has 19 heavy (non-hydrogen) atoms. The van der Waals surface area contributed by atoms with Crippen LogP contribution in [0.4, 0.5) is 0 Å². The van der Waals surface area contributed by atoms with Crippen LogP contribution in [0.1, 0.15) is 5.56 Å². The first-order chi connectivity index (χ1) is 9.12. The van der Waals surface area contributed by atoms with Crippen molar-refractivity contribution in [2.75, 3.05) is 21.3 Å². The summed E-state index contributed by atoms with van der Waals surface area (Å²) < 4.78 is 15.3. The van der Waals surface area contributed by atoms with Gasteiger partial charge in [-0.1, -0.05) is 12.1 Å². The van der Waals surface area contributed by atoms with E-state index in [0.29, 0.717) is 4.91 Å². The van der Waals surface area contributed by atoms with Crippen LogP contribution in [0.5, 0.6) is 5.75 Å². The van der Waals surface area contributed by atoms with Crippen molar-refractivity contribution < 1.29 is 19.3 Å². The summed E-state index contributed by atoms with van der Waals surface area (Å²) in [6.45, 7) is 0. The standard InChI is InChI=1S/C13H15NO4S/c1-16-10-6-4-9(5-7-10)8-11-12(15)14-13(17-2,18-3)19-11/h4-8H,1-3H3,(H,14,15)/p-1/b11-8-. The molecular formula is C13H14NO4S-. The molecule has 1 aliphatic rings. The molecule has 0 saturated carbocycles. The van der Waals surface area contributed by atoms with Crippen molar-refractivity contribution in [3.63, 3.8) is 0 Å². The maximum Gasteiger partial charge on any atom is 0.326 e. The van der Waals surface area contributed by atoms with E-state index in [9.17, 15) is 5.11 Å². The van der Waals surface area contributed by atoms with Crippen molar-refractivity contribution in [3.05, 3.63) is 34.7 Å². The summed E-state index contributed by atoms with van der Waals surface area (Å²) in [5, 5.41) is 10.5. The third kappa shape index (κ3) is 2.91. The Hall–Kier alpha value is -1.50. The number of aliphatic imine (C=N–C) groups is 1. The van der Waals surface area contributed by atoms with Crippen molar-refractivity contribution in [2.24, 2.45) is 4.99 Å². The van der Waals surface area contributed by atoms with E-state index >= 15 is 0 Å². The normalized spacial score (nSPS) is 19.5. The van der Waals surface area contributed by atoms with Crippen LogP contribution in [0.2, 0.25) is 0 Å². The minimum atomic E-state index is -1.25. The molecule has 0 aliphatic carbocycles. The molecule has 0 spiro atoms. The Balaban J connectivity index is 2.23. The molecule has 2 rings (SSSR count). The Morgan fingerprint density at radius 3 is 2.26 bits per heavy atom. The fraction of sp³-hybridized carbons (Fsp3) is 0.308. The van der Waals surface area contributed by atoms with Gasteiger partial charge in [-0.05, 0) is 35.5 Å². The van der Waals surface area contributed by atoms with Crippen molar-refractivity contribution in [3.8, 4) is 5.75 Å². The lowest BCUT2D eigenvalue weighted by molar-refractivity contribution is -0.217. The fourth-order valence-corrected chi connectivity index (χ4v) is 2.49. The lowest BCUT2D eigenvalue weighted by Crippen LogP contribution is -2.25. The van der Waals surface area contributed by atoms with Crippen LogP contribution >= 0.6 is 11.8 Å². The molecule has 0 aromatic heterocycles. The molecule has 1 aromatic carbocycles. The second-order valence-electron chi connectivity index (χ2n) is 3.73. The van der Waals surface area contributed by atoms with Gasteiger partial charge < -0.3 is 19.3 Å². The Labute approximate surface area is 115 Å². The topological polar surface area (TPSA) is 63.1 Å². The average Bonchev–Trinajstić information content (AvgIpc) is 2.77. The number of hydrogen-bond acceptors (Lipinski definition) is 6. The fourth-order valence-electron chi connectivity index (χ4n) is 1.59. The van der Waals surface area contributed by atoms with Gasteiger partial charge in [-0.3, -0.25) is 0 Å². The molecule has 6 heteroatoms. The number of nitrogens with zero attached hydrogens (tertiary/aromatic N) is 1. The van der Waals surface area contributed by atoms with E-state index in [2.05, 4.69) is 4.99 Å². The summed E-state index contributed by atoms with van der Waals surface area (Å²) in [6, 6.07) is 7.37. The number of thioether (sulfide) groups is 1. The van der Waals surface area contributed by atoms with Gasteiger partial charge in [0, 0.05) is 25.0 Å². The van der Waals surface area contributed by atoms with Gasteiger partial charge in [-0.15, -0.1) is 0 Å². The zero-order valence-electron chi connectivity index (χ0n) is 10.9. The van der Waals surface area contributed by atoms with Crippen LogP contribution in [0.25, 0.3) is 6.08 Å². The van der Waals surface area contributed by atoms with E-state index in [0.717, 1.165) is 23.1 Å². The van der Waals surface area contributed by atoms with Crippen molar-refractivity contribution in [1.29, 1.82) is 0 Å². The SMILES string of the molecule is COc1ccc(/C=C2\SC(OC)(OC)N=C2[O-])cc1. The van der Waals surface area contributed by atoms with Gasteiger partial charge in [0.25, 0.3) is 0 Å². The van der Waals surface area contributed by atoms with Gasteiger partial charge in [-0.25, -0.2) is 4.99 Å². The van der Waals surface area contributed by atoms with Crippen molar-refractivity contribution >= 4 is 23.7 Å². The molecule has 1 heterocycles. The van der Waals surface area contributed by atoms with Gasteiger partial charge in [0.05, 0.1) is 7.11 Å². The first kappa shape index (κ1) is 13.9. The summed E-state index contributed by atoms with van der Waals surface area (Å²) in [7, 11) is 4.50. The zero-order chi connectivity index (χ0) is 13.9. The van der Waals surface area contributed by atoms with Gasteiger partial charge in [0.15, 0.2) is 0 Å². The van der Waals surface area contributed by atoms with E-state index < -0.39 is 5.24 Å². The molecule has 1 aliphatic heterocycles. The third-order valence-corrected chi connectivity index (χ3v) is 3.81. The molecule has 0 bridgehead atoms. The predicted molar refractivity (Wildman–Crippen MR) is 72.7 cm³/mol. The molecule has 0 radical (unpaired) electrons. The summed E-state index contributed by atoms with van der Waals surface area (Å²) in [5.74, 6) is 0.421. The quantitative estimate of drug-likeness (QED) is 0.781. The number of rotatable bonds is 4. The van der Waals surface area contributed by atoms with Crippen LogP contribution < -0.4 is 9.84 Å². The molecule has 102 valence electrons. The lowest BCUT2D eigenvalue weighted by Gasteiger charge is -2.20. The van der Waals surface area contributed by atoms with Gasteiger partial charge in [0.2, 0.25) is 0 Å². The molecule has 0 N–H and O–H groups in total. The first-order valence-electron chi connectivity index (χ1n) is 5.55. The maximum absolute atomic E-state index is 11.8. The van der Waals surface area contributed by atoms with Crippen LogP contribution in [0, 0.1) is 0 Å². The highest BCUT2D eigenvalue weighted by Crippen LogP contribution is 2.41. The molecule has 1 aromatic rings. The average molecular weight is 280 g/mol. The van der Waals surface area contributed by atoms with Gasteiger partial charge in [-0.2, -0.15) is 0 Å². The molecule has 5 nitrogen and oxygen atoms in total. The molecule has 0 fully saturated rings. The monoisotopic (exact) mass is 280 g/mol. The Kier molecular flexibility index (Phi) is 4.14. The highest BCUT2D eigenvalue weighted by atomic mass is 32.2. The summed E-state index contributed by atoms with van der Waals surface area (Å²) >= 11 is 1.14. The molecule has 0 atom stereocenters. The smallest absolute Gasteiger partial charge is 0.326 e. The lowest BCUT2D eigenvalue weighted by atomic mass is 10.2. The zero-order valence-corrected chi connectivity index (χ0v) is 11.7. The number of benzene rings is 1. The maximum atomic E-state index is 11.8. The van der Waals surface area contributed by atoms with Gasteiger partial charge in [0.1, 0.15) is 5.75 Å². The molecule has 0 amide bonds. The second-order valence-corrected chi connectivity index (χ2v) is 4.89. The van der Waals surface area contributed by atoms with Crippen LogP contribution in [-0.2, 0) is 9.47 Å². The number of ether oxygens (including phenoxy) is 3. The van der Waals surface area contributed by atoms with E-state index in [1.807, 2.05) is 24.3 Å². The van der Waals surface area contributed by atoms with Crippen LogP contribution in [0.15, 0.2) is 34.2 Å². The largest absolute Gasteiger partial charge is 0.858 e. The van der Waals surface area contributed by atoms with Crippen LogP contribution in [0.3, 0.4) is 0 Å². The Morgan fingerprint density at radius 1 is 1.16 bits per heavy atom. The summed E-state index contributed by atoms with van der Waals surface area (Å²) in [5.41, 5.74) is 0.884. The van der Waals surface area contributed by atoms with Gasteiger partial charge >= 0.3 is 5.24 Å². The summed E-state index contributed by atoms with van der Waals surface area (Å²) in [6.07, 6.45) is 1.75. The minimum absolute atomic E-state index is 0.343. The van der Waals surface area contributed by atoms with E-state index in [4.69, 9.17) is 14.2 Å². The number of hydrogen-bond donors (Lipinski definition) is 0. The van der Waals surface area contributed by atoms with E-state index in [1.165, 1.54) is 14.2 Å². The summed E-state index contributed by atoms with van der Waals surface area (Å²) in [4.78, 5) is 4.34. The molecular weight excluding hydrogens is 266 g/mol. The van der Waals surface area contributed by atoms with E-state index in [1.54, 1.807) is 13.2 Å². The first-order valence-corrected chi connectivity index (χ1v) is 6.36. The predicted octanol–water partition coefficient (Wildman–Crippen LogP) is 1.45. The third-order valence-electron chi connectivity index (χ3n) is 2.62. The number of methoxy groups -OCH3 is 3. The van der Waals surface area contributed by atoms with Crippen molar-refractivity contribution in [1.82, 2.24) is 0 Å². The highest BCUT2D eigenvalue weighted by molar-refractivity contribution is 8.05. The van der Waals surface area contributed by atoms with Crippen molar-refractivity contribution in [2.45, 2.75) is 5.24 Å². The molecule has 0 unspecified atom stereocenters. The van der Waals surface area contributed by atoms with Crippen LogP contribution in [-0.4, -0.2) is 32.5 Å². The Bertz CT molecular complexity index is 506.